The molecule has 0 atom stereocenters. The van der Waals surface area contributed by atoms with E-state index in [1.165, 1.54) is 24.9 Å². The Bertz CT molecular complexity index is 517. The molecule has 1 aromatic carbocycles. The standard InChI is InChI=1S/C19H30N4O/c1-2-21-12-14-23(15-13-21)18-8-6-17(7-9-18)20-19(24)16-22-10-4-3-5-11-22/h6-9H,2-5,10-16H2,1H3,(H,20,24). The maximum atomic E-state index is 12.2. The Hall–Kier alpha value is -1.59. The molecule has 3 rings (SSSR count). The molecule has 132 valence electrons. The molecule has 1 aromatic rings. The van der Waals surface area contributed by atoms with Crippen molar-refractivity contribution >= 4 is 17.3 Å². The highest BCUT2D eigenvalue weighted by molar-refractivity contribution is 5.92. The number of piperazine rings is 1. The number of nitrogens with zero attached hydrogens (tertiary/aromatic N) is 3. The highest BCUT2D eigenvalue weighted by Gasteiger charge is 2.16. The number of amides is 1. The average molecular weight is 330 g/mol. The number of benzene rings is 1. The number of hydrogen-bond acceptors (Lipinski definition) is 4. The number of likely N-dealkylation sites (N-methyl/N-ethyl adjacent to an activating group) is 1. The number of likely N-dealkylation sites (tertiary alicyclic amines) is 1. The van der Waals surface area contributed by atoms with Crippen LogP contribution in [0.3, 0.4) is 0 Å². The summed E-state index contributed by atoms with van der Waals surface area (Å²) in [5.74, 6) is 0.0983. The largest absolute Gasteiger partial charge is 0.369 e. The molecule has 2 aliphatic heterocycles. The van der Waals surface area contributed by atoms with Crippen LogP contribution >= 0.6 is 0 Å². The smallest absolute Gasteiger partial charge is 0.238 e. The first-order valence-corrected chi connectivity index (χ1v) is 9.34. The minimum atomic E-state index is 0.0983. The van der Waals surface area contributed by atoms with E-state index in [9.17, 15) is 4.79 Å². The van der Waals surface area contributed by atoms with Crippen molar-refractivity contribution in [1.82, 2.24) is 9.80 Å². The van der Waals surface area contributed by atoms with Crippen molar-refractivity contribution in [3.63, 3.8) is 0 Å². The van der Waals surface area contributed by atoms with Crippen LogP contribution < -0.4 is 10.2 Å². The van der Waals surface area contributed by atoms with Gasteiger partial charge in [-0.05, 0) is 56.7 Å². The Kier molecular flexibility index (Phi) is 6.10. The highest BCUT2D eigenvalue weighted by atomic mass is 16.2. The maximum absolute atomic E-state index is 12.2. The van der Waals surface area contributed by atoms with E-state index in [1.54, 1.807) is 0 Å². The number of carbonyl (C=O) groups is 1. The summed E-state index contributed by atoms with van der Waals surface area (Å²) in [5, 5.41) is 3.03. The minimum Gasteiger partial charge on any atom is -0.369 e. The van der Waals surface area contributed by atoms with E-state index in [2.05, 4.69) is 39.1 Å². The molecule has 24 heavy (non-hydrogen) atoms. The van der Waals surface area contributed by atoms with Gasteiger partial charge < -0.3 is 15.1 Å². The number of anilines is 2. The summed E-state index contributed by atoms with van der Waals surface area (Å²) < 4.78 is 0. The first-order chi connectivity index (χ1) is 11.7. The van der Waals surface area contributed by atoms with E-state index in [4.69, 9.17) is 0 Å². The van der Waals surface area contributed by atoms with Gasteiger partial charge in [0.25, 0.3) is 0 Å². The lowest BCUT2D eigenvalue weighted by Gasteiger charge is -2.35. The fourth-order valence-electron chi connectivity index (χ4n) is 3.60. The normalized spacial score (nSPS) is 20.1. The fraction of sp³-hybridized carbons (Fsp3) is 0.632. The van der Waals surface area contributed by atoms with Crippen molar-refractivity contribution in [1.29, 1.82) is 0 Å². The SMILES string of the molecule is CCN1CCN(c2ccc(NC(=O)CN3CCCCC3)cc2)CC1. The Morgan fingerprint density at radius 3 is 2.21 bits per heavy atom. The number of nitrogens with one attached hydrogen (secondary N) is 1. The van der Waals surface area contributed by atoms with E-state index in [1.807, 2.05) is 12.1 Å². The molecule has 0 aliphatic carbocycles. The van der Waals surface area contributed by atoms with Crippen molar-refractivity contribution in [2.24, 2.45) is 0 Å². The van der Waals surface area contributed by atoms with Gasteiger partial charge in [0.2, 0.25) is 5.91 Å². The Balaban J connectivity index is 1.48. The van der Waals surface area contributed by atoms with Gasteiger partial charge in [0.1, 0.15) is 0 Å². The number of carbonyl (C=O) groups excluding carboxylic acids is 1. The molecule has 1 N–H and O–H groups in total. The molecule has 0 bridgehead atoms. The number of hydrogen-bond donors (Lipinski definition) is 1. The molecule has 2 heterocycles. The molecule has 5 heteroatoms. The van der Waals surface area contributed by atoms with Crippen LogP contribution in [0, 0.1) is 0 Å². The van der Waals surface area contributed by atoms with Gasteiger partial charge in [-0.3, -0.25) is 9.69 Å². The molecule has 0 aromatic heterocycles. The summed E-state index contributed by atoms with van der Waals surface area (Å²) in [6.07, 6.45) is 3.73. The van der Waals surface area contributed by atoms with Gasteiger partial charge in [-0.1, -0.05) is 13.3 Å². The summed E-state index contributed by atoms with van der Waals surface area (Å²) in [6, 6.07) is 8.29. The van der Waals surface area contributed by atoms with Crippen LogP contribution in [0.1, 0.15) is 26.2 Å². The molecular weight excluding hydrogens is 300 g/mol. The van der Waals surface area contributed by atoms with Gasteiger partial charge in [-0.15, -0.1) is 0 Å². The number of rotatable bonds is 5. The molecule has 0 unspecified atom stereocenters. The quantitative estimate of drug-likeness (QED) is 0.899. The first kappa shape index (κ1) is 17.2. The van der Waals surface area contributed by atoms with E-state index in [0.717, 1.165) is 51.5 Å². The molecule has 2 fully saturated rings. The van der Waals surface area contributed by atoms with Crippen LogP contribution in [-0.4, -0.2) is 68.1 Å². The zero-order chi connectivity index (χ0) is 16.8. The van der Waals surface area contributed by atoms with Gasteiger partial charge in [0.15, 0.2) is 0 Å². The Morgan fingerprint density at radius 1 is 0.917 bits per heavy atom. The van der Waals surface area contributed by atoms with E-state index < -0.39 is 0 Å². The Morgan fingerprint density at radius 2 is 1.58 bits per heavy atom. The zero-order valence-electron chi connectivity index (χ0n) is 14.8. The summed E-state index contributed by atoms with van der Waals surface area (Å²) in [6.45, 7) is 10.4. The molecule has 0 saturated carbocycles. The predicted octanol–water partition coefficient (Wildman–Crippen LogP) is 2.25. The lowest BCUT2D eigenvalue weighted by atomic mass is 10.1. The zero-order valence-corrected chi connectivity index (χ0v) is 14.8. The number of piperidine rings is 1. The van der Waals surface area contributed by atoms with Crippen molar-refractivity contribution in [3.8, 4) is 0 Å². The van der Waals surface area contributed by atoms with Gasteiger partial charge in [0, 0.05) is 37.6 Å². The molecule has 1 amide bonds. The second kappa shape index (κ2) is 8.49. The molecule has 5 nitrogen and oxygen atoms in total. The monoisotopic (exact) mass is 330 g/mol. The van der Waals surface area contributed by atoms with Crippen molar-refractivity contribution < 1.29 is 4.79 Å². The molecular formula is C19H30N4O. The van der Waals surface area contributed by atoms with Gasteiger partial charge in [-0.25, -0.2) is 0 Å². The molecule has 0 radical (unpaired) electrons. The fourth-order valence-corrected chi connectivity index (χ4v) is 3.60. The Labute approximate surface area is 145 Å². The van der Waals surface area contributed by atoms with Gasteiger partial charge >= 0.3 is 0 Å². The summed E-state index contributed by atoms with van der Waals surface area (Å²) in [7, 11) is 0. The van der Waals surface area contributed by atoms with E-state index in [-0.39, 0.29) is 5.91 Å². The summed E-state index contributed by atoms with van der Waals surface area (Å²) in [5.41, 5.74) is 2.15. The van der Waals surface area contributed by atoms with Gasteiger partial charge in [-0.2, -0.15) is 0 Å². The summed E-state index contributed by atoms with van der Waals surface area (Å²) >= 11 is 0. The lowest BCUT2D eigenvalue weighted by molar-refractivity contribution is -0.117. The van der Waals surface area contributed by atoms with Crippen LogP contribution in [0.5, 0.6) is 0 Å². The third-order valence-electron chi connectivity index (χ3n) is 5.15. The average Bonchev–Trinajstić information content (AvgIpc) is 2.63. The van der Waals surface area contributed by atoms with Crippen molar-refractivity contribution in [2.75, 3.05) is 62.6 Å². The van der Waals surface area contributed by atoms with Crippen LogP contribution in [0.25, 0.3) is 0 Å². The molecule has 2 aliphatic rings. The topological polar surface area (TPSA) is 38.8 Å². The van der Waals surface area contributed by atoms with Crippen LogP contribution in [-0.2, 0) is 4.79 Å². The van der Waals surface area contributed by atoms with Crippen LogP contribution in [0.4, 0.5) is 11.4 Å². The van der Waals surface area contributed by atoms with Gasteiger partial charge in [0.05, 0.1) is 6.54 Å². The van der Waals surface area contributed by atoms with Crippen LogP contribution in [0.2, 0.25) is 0 Å². The first-order valence-electron chi connectivity index (χ1n) is 9.34. The minimum absolute atomic E-state index is 0.0983. The molecule has 0 spiro atoms. The predicted molar refractivity (Wildman–Crippen MR) is 99.7 cm³/mol. The van der Waals surface area contributed by atoms with E-state index in [0.29, 0.717) is 6.54 Å². The third-order valence-corrected chi connectivity index (χ3v) is 5.15. The molecule has 2 saturated heterocycles. The van der Waals surface area contributed by atoms with Crippen molar-refractivity contribution in [3.05, 3.63) is 24.3 Å². The van der Waals surface area contributed by atoms with E-state index >= 15 is 0 Å². The summed E-state index contributed by atoms with van der Waals surface area (Å²) in [4.78, 5) is 19.3. The highest BCUT2D eigenvalue weighted by Crippen LogP contribution is 2.19. The second-order valence-electron chi connectivity index (χ2n) is 6.85. The van der Waals surface area contributed by atoms with Crippen LogP contribution in [0.15, 0.2) is 24.3 Å². The lowest BCUT2D eigenvalue weighted by Crippen LogP contribution is -2.46. The van der Waals surface area contributed by atoms with Crippen molar-refractivity contribution in [2.45, 2.75) is 26.2 Å². The second-order valence-corrected chi connectivity index (χ2v) is 6.85. The third kappa shape index (κ3) is 4.71. The maximum Gasteiger partial charge on any atom is 0.238 e.